The summed E-state index contributed by atoms with van der Waals surface area (Å²) >= 11 is 5.80. The van der Waals surface area contributed by atoms with Gasteiger partial charge in [-0.15, -0.1) is 11.6 Å². The van der Waals surface area contributed by atoms with Crippen molar-refractivity contribution in [3.63, 3.8) is 0 Å². The van der Waals surface area contributed by atoms with Crippen LogP contribution in [0.4, 0.5) is 0 Å². The van der Waals surface area contributed by atoms with Gasteiger partial charge in [-0.2, -0.15) is 0 Å². The Kier molecular flexibility index (Phi) is 3.78. The van der Waals surface area contributed by atoms with Crippen LogP contribution in [0.1, 0.15) is 26.7 Å². The van der Waals surface area contributed by atoms with E-state index in [1.165, 1.54) is 0 Å². The molecule has 4 heteroatoms. The highest BCUT2D eigenvalue weighted by molar-refractivity contribution is 6.18. The van der Waals surface area contributed by atoms with Crippen molar-refractivity contribution >= 4 is 17.5 Å². The normalized spacial score (nSPS) is 22.4. The van der Waals surface area contributed by atoms with Crippen LogP contribution in [0.25, 0.3) is 0 Å². The second kappa shape index (κ2) is 4.49. The van der Waals surface area contributed by atoms with Gasteiger partial charge in [-0.25, -0.2) is 0 Å². The summed E-state index contributed by atoms with van der Waals surface area (Å²) in [5.41, 5.74) is -0.301. The Morgan fingerprint density at radius 2 is 2.29 bits per heavy atom. The lowest BCUT2D eigenvalue weighted by Crippen LogP contribution is -2.50. The van der Waals surface area contributed by atoms with Crippen LogP contribution >= 0.6 is 11.6 Å². The van der Waals surface area contributed by atoms with E-state index in [-0.39, 0.29) is 17.6 Å². The van der Waals surface area contributed by atoms with Crippen molar-refractivity contribution in [3.8, 4) is 0 Å². The summed E-state index contributed by atoms with van der Waals surface area (Å²) in [6, 6.07) is 0. The molecule has 14 heavy (non-hydrogen) atoms. The summed E-state index contributed by atoms with van der Waals surface area (Å²) in [5.74, 6) is 0.482. The summed E-state index contributed by atoms with van der Waals surface area (Å²) in [5, 5.41) is 0. The molecule has 1 rings (SSSR count). The Hall–Kier alpha value is -0.280. The van der Waals surface area contributed by atoms with Crippen molar-refractivity contribution in [2.45, 2.75) is 38.3 Å². The van der Waals surface area contributed by atoms with E-state index in [1.807, 2.05) is 13.8 Å². The SMILES string of the molecule is CN(C(=O)C1CCCO1)C(C)(C)CCl. The van der Waals surface area contributed by atoms with Crippen molar-refractivity contribution in [2.24, 2.45) is 0 Å². The van der Waals surface area contributed by atoms with E-state index >= 15 is 0 Å². The van der Waals surface area contributed by atoms with Gasteiger partial charge in [0.05, 0.1) is 5.54 Å². The fourth-order valence-corrected chi connectivity index (χ4v) is 1.56. The molecule has 1 saturated heterocycles. The second-order valence-corrected chi connectivity index (χ2v) is 4.61. The number of nitrogens with zero attached hydrogens (tertiary/aromatic N) is 1. The molecule has 1 heterocycles. The minimum atomic E-state index is -0.301. The van der Waals surface area contributed by atoms with Crippen molar-refractivity contribution in [1.82, 2.24) is 4.90 Å². The average Bonchev–Trinajstić information content (AvgIpc) is 2.68. The summed E-state index contributed by atoms with van der Waals surface area (Å²) in [6.45, 7) is 4.60. The maximum Gasteiger partial charge on any atom is 0.251 e. The number of halogens is 1. The van der Waals surface area contributed by atoms with Crippen LogP contribution in [-0.2, 0) is 9.53 Å². The highest BCUT2D eigenvalue weighted by Gasteiger charge is 2.33. The number of carbonyl (C=O) groups excluding carboxylic acids is 1. The third kappa shape index (κ3) is 2.39. The Morgan fingerprint density at radius 1 is 1.64 bits per heavy atom. The van der Waals surface area contributed by atoms with Crippen molar-refractivity contribution in [2.75, 3.05) is 19.5 Å². The molecule has 82 valence electrons. The summed E-state index contributed by atoms with van der Waals surface area (Å²) in [6.07, 6.45) is 1.56. The van der Waals surface area contributed by atoms with E-state index in [0.717, 1.165) is 12.8 Å². The number of likely N-dealkylation sites (N-methyl/N-ethyl adjacent to an activating group) is 1. The first kappa shape index (κ1) is 11.8. The highest BCUT2D eigenvalue weighted by atomic mass is 35.5. The van der Waals surface area contributed by atoms with Crippen LogP contribution < -0.4 is 0 Å². The highest BCUT2D eigenvalue weighted by Crippen LogP contribution is 2.20. The Labute approximate surface area is 90.4 Å². The molecule has 0 aromatic heterocycles. The lowest BCUT2D eigenvalue weighted by Gasteiger charge is -2.35. The molecule has 1 fully saturated rings. The smallest absolute Gasteiger partial charge is 0.251 e. The first-order valence-electron chi connectivity index (χ1n) is 4.94. The third-order valence-electron chi connectivity index (χ3n) is 2.77. The first-order chi connectivity index (χ1) is 6.49. The molecule has 1 aliphatic heterocycles. The van der Waals surface area contributed by atoms with Crippen LogP contribution in [0.15, 0.2) is 0 Å². The van der Waals surface area contributed by atoms with E-state index in [1.54, 1.807) is 11.9 Å². The fraction of sp³-hybridized carbons (Fsp3) is 0.900. The quantitative estimate of drug-likeness (QED) is 0.676. The number of rotatable bonds is 3. The number of hydrogen-bond acceptors (Lipinski definition) is 2. The van der Waals surface area contributed by atoms with Crippen molar-refractivity contribution < 1.29 is 9.53 Å². The maximum absolute atomic E-state index is 11.9. The molecular weight excluding hydrogens is 202 g/mol. The molecule has 0 aromatic carbocycles. The van der Waals surface area contributed by atoms with Gasteiger partial charge in [-0.1, -0.05) is 0 Å². The van der Waals surface area contributed by atoms with Crippen LogP contribution in [0.5, 0.6) is 0 Å². The van der Waals surface area contributed by atoms with Crippen LogP contribution in [0, 0.1) is 0 Å². The molecule has 1 atom stereocenters. The third-order valence-corrected chi connectivity index (χ3v) is 3.42. The summed E-state index contributed by atoms with van der Waals surface area (Å²) in [4.78, 5) is 13.6. The number of alkyl halides is 1. The minimum Gasteiger partial charge on any atom is -0.368 e. The topological polar surface area (TPSA) is 29.5 Å². The summed E-state index contributed by atoms with van der Waals surface area (Å²) < 4.78 is 5.34. The van der Waals surface area contributed by atoms with Crippen LogP contribution in [0.3, 0.4) is 0 Å². The predicted octanol–water partition coefficient (Wildman–Crippen LogP) is 1.64. The van der Waals surface area contributed by atoms with Gasteiger partial charge in [0, 0.05) is 19.5 Å². The van der Waals surface area contributed by atoms with E-state index in [9.17, 15) is 4.79 Å². The van der Waals surface area contributed by atoms with Gasteiger partial charge < -0.3 is 9.64 Å². The molecule has 0 bridgehead atoms. The van der Waals surface area contributed by atoms with E-state index < -0.39 is 0 Å². The van der Waals surface area contributed by atoms with Gasteiger partial charge >= 0.3 is 0 Å². The zero-order valence-corrected chi connectivity index (χ0v) is 9.80. The van der Waals surface area contributed by atoms with Gasteiger partial charge in [-0.3, -0.25) is 4.79 Å². The molecule has 0 N–H and O–H groups in total. The minimum absolute atomic E-state index is 0.0492. The van der Waals surface area contributed by atoms with Crippen LogP contribution in [0.2, 0.25) is 0 Å². The van der Waals surface area contributed by atoms with E-state index in [4.69, 9.17) is 16.3 Å². The Balaban J connectivity index is 2.59. The molecule has 0 spiro atoms. The number of amides is 1. The molecule has 0 aromatic rings. The molecule has 1 unspecified atom stereocenters. The second-order valence-electron chi connectivity index (χ2n) is 4.34. The van der Waals surface area contributed by atoms with Gasteiger partial charge in [0.1, 0.15) is 6.10 Å². The van der Waals surface area contributed by atoms with Crippen molar-refractivity contribution in [3.05, 3.63) is 0 Å². The van der Waals surface area contributed by atoms with E-state index in [0.29, 0.717) is 12.5 Å². The molecule has 0 aliphatic carbocycles. The summed E-state index contributed by atoms with van der Waals surface area (Å²) in [7, 11) is 1.78. The zero-order chi connectivity index (χ0) is 10.8. The van der Waals surface area contributed by atoms with Gasteiger partial charge in [0.2, 0.25) is 0 Å². The fourth-order valence-electron chi connectivity index (χ4n) is 1.38. The average molecular weight is 220 g/mol. The lowest BCUT2D eigenvalue weighted by atomic mass is 10.1. The molecule has 0 saturated carbocycles. The maximum atomic E-state index is 11.9. The van der Waals surface area contributed by atoms with E-state index in [2.05, 4.69) is 0 Å². The molecule has 1 amide bonds. The Morgan fingerprint density at radius 3 is 2.71 bits per heavy atom. The monoisotopic (exact) mass is 219 g/mol. The molecule has 3 nitrogen and oxygen atoms in total. The zero-order valence-electron chi connectivity index (χ0n) is 9.05. The largest absolute Gasteiger partial charge is 0.368 e. The number of ether oxygens (including phenoxy) is 1. The molecular formula is C10H18ClNO2. The Bertz CT molecular complexity index is 212. The van der Waals surface area contributed by atoms with Gasteiger partial charge in [-0.05, 0) is 26.7 Å². The van der Waals surface area contributed by atoms with Gasteiger partial charge in [0.25, 0.3) is 5.91 Å². The number of carbonyl (C=O) groups is 1. The van der Waals surface area contributed by atoms with Crippen LogP contribution in [-0.4, -0.2) is 42.0 Å². The molecule has 1 aliphatic rings. The van der Waals surface area contributed by atoms with Crippen molar-refractivity contribution in [1.29, 1.82) is 0 Å². The van der Waals surface area contributed by atoms with Gasteiger partial charge in [0.15, 0.2) is 0 Å². The lowest BCUT2D eigenvalue weighted by molar-refractivity contribution is -0.143. The predicted molar refractivity (Wildman–Crippen MR) is 56.5 cm³/mol. The molecule has 0 radical (unpaired) electrons. The number of hydrogen-bond donors (Lipinski definition) is 0. The standard InChI is InChI=1S/C10H18ClNO2/c1-10(2,7-11)12(3)9(13)8-5-4-6-14-8/h8H,4-7H2,1-3H3. The first-order valence-corrected chi connectivity index (χ1v) is 5.48.